The zero-order valence-corrected chi connectivity index (χ0v) is 10.6. The van der Waals surface area contributed by atoms with Gasteiger partial charge in [0.25, 0.3) is 0 Å². The van der Waals surface area contributed by atoms with Gasteiger partial charge in [0.15, 0.2) is 5.94 Å². The highest BCUT2D eigenvalue weighted by Gasteiger charge is 2.08. The van der Waals surface area contributed by atoms with Crippen LogP contribution in [-0.2, 0) is 30.5 Å². The molecule has 0 saturated heterocycles. The molecule has 98 valence electrons. The van der Waals surface area contributed by atoms with Crippen LogP contribution in [0.5, 0.6) is 0 Å². The van der Waals surface area contributed by atoms with Gasteiger partial charge in [0.2, 0.25) is 5.76 Å². The van der Waals surface area contributed by atoms with Crippen molar-refractivity contribution >= 4 is 16.1 Å². The molecule has 6 nitrogen and oxygen atoms in total. The predicted octanol–water partition coefficient (Wildman–Crippen LogP) is 0.399. The zero-order chi connectivity index (χ0) is 13.4. The van der Waals surface area contributed by atoms with Gasteiger partial charge in [-0.05, 0) is 5.56 Å². The number of hydrogen-bond donors (Lipinski definition) is 1. The fourth-order valence-electron chi connectivity index (χ4n) is 1.09. The fourth-order valence-corrected chi connectivity index (χ4v) is 1.55. The lowest BCUT2D eigenvalue weighted by Crippen LogP contribution is -2.20. The van der Waals surface area contributed by atoms with Crippen molar-refractivity contribution < 1.29 is 22.2 Å². The molecule has 0 saturated carbocycles. The van der Waals surface area contributed by atoms with E-state index < -0.39 is 10.1 Å². The third kappa shape index (κ3) is 6.17. The Morgan fingerprint density at radius 3 is 2.56 bits per heavy atom. The van der Waals surface area contributed by atoms with Gasteiger partial charge in [0.05, 0.1) is 19.4 Å². The summed E-state index contributed by atoms with van der Waals surface area (Å²) in [5, 5.41) is 0. The summed E-state index contributed by atoms with van der Waals surface area (Å²) in [6.45, 7) is 0.106. The average Bonchev–Trinajstić information content (AvgIpc) is 2.33. The van der Waals surface area contributed by atoms with Crippen LogP contribution in [0, 0.1) is 0 Å². The van der Waals surface area contributed by atoms with Crippen LogP contribution in [0.3, 0.4) is 0 Å². The number of hydroxylamine groups is 1. The summed E-state index contributed by atoms with van der Waals surface area (Å²) in [4.78, 5) is 15.4. The van der Waals surface area contributed by atoms with Crippen molar-refractivity contribution in [2.24, 2.45) is 0 Å². The fraction of sp³-hybridized carbons (Fsp3) is 0.273. The topological polar surface area (TPSA) is 81.7 Å². The predicted molar refractivity (Wildman–Crippen MR) is 64.4 cm³/mol. The van der Waals surface area contributed by atoms with E-state index in [-0.39, 0.29) is 18.9 Å². The molecule has 18 heavy (non-hydrogen) atoms. The van der Waals surface area contributed by atoms with Gasteiger partial charge in [-0.1, -0.05) is 30.3 Å². The summed E-state index contributed by atoms with van der Waals surface area (Å²) in [7, 11) is -3.72. The van der Waals surface area contributed by atoms with Gasteiger partial charge < -0.3 is 4.18 Å². The van der Waals surface area contributed by atoms with Gasteiger partial charge in [-0.25, -0.2) is 4.79 Å². The van der Waals surface area contributed by atoms with Crippen molar-refractivity contribution in [2.45, 2.75) is 6.61 Å². The largest absolute Gasteiger partial charge is 0.374 e. The normalized spacial score (nSPS) is 10.7. The maximum atomic E-state index is 10.8. The van der Waals surface area contributed by atoms with Crippen LogP contribution in [-0.4, -0.2) is 27.2 Å². The molecule has 0 heterocycles. The van der Waals surface area contributed by atoms with E-state index in [0.717, 1.165) is 11.8 Å². The maximum Gasteiger partial charge on any atom is 0.306 e. The lowest BCUT2D eigenvalue weighted by Gasteiger charge is -2.06. The molecule has 0 spiro atoms. The van der Waals surface area contributed by atoms with Crippen molar-refractivity contribution in [2.75, 3.05) is 12.8 Å². The van der Waals surface area contributed by atoms with Crippen LogP contribution in [0.2, 0.25) is 0 Å². The van der Waals surface area contributed by atoms with E-state index >= 15 is 0 Å². The van der Waals surface area contributed by atoms with E-state index in [9.17, 15) is 13.2 Å². The van der Waals surface area contributed by atoms with Crippen molar-refractivity contribution in [1.82, 2.24) is 5.48 Å². The Balaban J connectivity index is 2.31. The molecule has 0 radical (unpaired) electrons. The van der Waals surface area contributed by atoms with Crippen molar-refractivity contribution in [3.8, 4) is 0 Å². The number of carbonyl (C=O) groups excluding carboxylic acids is 1. The molecule has 0 aromatic heterocycles. The molecule has 1 N–H and O–H groups in total. The Labute approximate surface area is 105 Å². The van der Waals surface area contributed by atoms with E-state index in [4.69, 9.17) is 4.84 Å². The minimum absolute atomic E-state index is 0.177. The van der Waals surface area contributed by atoms with E-state index in [1.807, 2.05) is 30.3 Å². The molecule has 1 aromatic carbocycles. The first-order valence-electron chi connectivity index (χ1n) is 5.03. The molecular weight excluding hydrogens is 258 g/mol. The molecule has 0 aliphatic carbocycles. The van der Waals surface area contributed by atoms with Gasteiger partial charge in [-0.15, -0.1) is 0 Å². The first-order chi connectivity index (χ1) is 8.51. The van der Waals surface area contributed by atoms with Crippen molar-refractivity contribution in [1.29, 1.82) is 0 Å². The molecule has 1 rings (SSSR count). The second kappa shape index (κ2) is 6.93. The average molecular weight is 271 g/mol. The first-order valence-corrected chi connectivity index (χ1v) is 6.85. The summed E-state index contributed by atoms with van der Waals surface area (Å²) in [6.07, 6.45) is 0.842. The summed E-state index contributed by atoms with van der Waals surface area (Å²) >= 11 is 0. The highest BCUT2D eigenvalue weighted by molar-refractivity contribution is 7.86. The Morgan fingerprint density at radius 1 is 1.33 bits per heavy atom. The van der Waals surface area contributed by atoms with Crippen LogP contribution in [0.25, 0.3) is 0 Å². The minimum Gasteiger partial charge on any atom is -0.374 e. The van der Waals surface area contributed by atoms with Crippen LogP contribution < -0.4 is 5.48 Å². The third-order valence-corrected chi connectivity index (χ3v) is 2.29. The Hall–Kier alpha value is -1.66. The third-order valence-electron chi connectivity index (χ3n) is 1.78. The van der Waals surface area contributed by atoms with Crippen molar-refractivity contribution in [3.63, 3.8) is 0 Å². The number of rotatable bonds is 7. The Kier molecular flexibility index (Phi) is 5.54. The molecule has 1 aromatic rings. The molecule has 0 amide bonds. The minimum atomic E-state index is -3.72. The Morgan fingerprint density at radius 2 is 2.00 bits per heavy atom. The number of hydrogen-bond acceptors (Lipinski definition) is 6. The van der Waals surface area contributed by atoms with Crippen LogP contribution in [0.4, 0.5) is 0 Å². The van der Waals surface area contributed by atoms with Crippen LogP contribution in [0.1, 0.15) is 5.56 Å². The summed E-state index contributed by atoms with van der Waals surface area (Å²) in [5.41, 5.74) is 3.35. The van der Waals surface area contributed by atoms with Gasteiger partial charge in [-0.2, -0.15) is 13.9 Å². The highest BCUT2D eigenvalue weighted by atomic mass is 32.2. The second-order valence-electron chi connectivity index (χ2n) is 3.41. The first kappa shape index (κ1) is 14.4. The lowest BCUT2D eigenvalue weighted by molar-refractivity contribution is 0.0297. The standard InChI is InChI=1S/C11H13NO5S/c1-18(14,15)17-11(8-13)7-12-16-9-10-5-3-2-4-6-10/h2-6,12H,7,9H2,1H3. The van der Waals surface area contributed by atoms with Crippen LogP contribution >= 0.6 is 0 Å². The molecule has 0 aliphatic rings. The molecule has 0 bridgehead atoms. The molecular formula is C11H13NO5S. The van der Waals surface area contributed by atoms with Crippen LogP contribution in [0.15, 0.2) is 36.1 Å². The molecule has 7 heteroatoms. The number of benzene rings is 1. The molecule has 0 fully saturated rings. The van der Waals surface area contributed by atoms with E-state index in [0.29, 0.717) is 0 Å². The summed E-state index contributed by atoms with van der Waals surface area (Å²) < 4.78 is 25.9. The summed E-state index contributed by atoms with van der Waals surface area (Å²) in [5.74, 6) is 0.996. The highest BCUT2D eigenvalue weighted by Crippen LogP contribution is 2.00. The van der Waals surface area contributed by atoms with E-state index in [1.54, 1.807) is 0 Å². The monoisotopic (exact) mass is 271 g/mol. The van der Waals surface area contributed by atoms with E-state index in [1.165, 1.54) is 5.94 Å². The van der Waals surface area contributed by atoms with Gasteiger partial charge in [0.1, 0.15) is 0 Å². The second-order valence-corrected chi connectivity index (χ2v) is 4.98. The maximum absolute atomic E-state index is 10.8. The zero-order valence-electron chi connectivity index (χ0n) is 9.75. The quantitative estimate of drug-likeness (QED) is 0.254. The molecule has 0 aliphatic heterocycles. The van der Waals surface area contributed by atoms with Gasteiger partial charge in [0, 0.05) is 0 Å². The Bertz CT molecular complexity index is 520. The van der Waals surface area contributed by atoms with Gasteiger partial charge >= 0.3 is 10.1 Å². The molecule has 0 atom stereocenters. The lowest BCUT2D eigenvalue weighted by atomic mass is 10.2. The number of nitrogens with one attached hydrogen (secondary N) is 1. The van der Waals surface area contributed by atoms with E-state index in [2.05, 4.69) is 9.66 Å². The SMILES string of the molecule is CS(=O)(=O)OC(=C=O)CNOCc1ccccc1. The van der Waals surface area contributed by atoms with Gasteiger partial charge in [-0.3, -0.25) is 4.84 Å². The smallest absolute Gasteiger partial charge is 0.306 e. The molecule has 0 unspecified atom stereocenters. The summed E-state index contributed by atoms with van der Waals surface area (Å²) in [6, 6.07) is 9.34. The van der Waals surface area contributed by atoms with Crippen molar-refractivity contribution in [3.05, 3.63) is 41.7 Å².